The molecule has 0 saturated carbocycles. The van der Waals surface area contributed by atoms with Gasteiger partial charge in [-0.2, -0.15) is 0 Å². The highest BCUT2D eigenvalue weighted by Gasteiger charge is 2.18. The first-order chi connectivity index (χ1) is 39.7. The topological polar surface area (TPSA) is 375 Å². The van der Waals surface area contributed by atoms with Crippen molar-refractivity contribution in [3.05, 3.63) is 0 Å². The van der Waals surface area contributed by atoms with Crippen LogP contribution in [-0.4, -0.2) is 274 Å². The first kappa shape index (κ1) is 129. The molecule has 0 aromatic heterocycles. The molecule has 0 spiro atoms. The molecule has 30 nitrogen and oxygen atoms in total. The molecule has 0 heterocycles. The van der Waals surface area contributed by atoms with Gasteiger partial charge in [-0.1, -0.05) is 132 Å². The van der Waals surface area contributed by atoms with Crippen LogP contribution in [0, 0.1) is 23.7 Å². The van der Waals surface area contributed by atoms with Gasteiger partial charge in [0.1, 0.15) is 25.4 Å². The Labute approximate surface area is 587 Å². The molecule has 0 bridgehead atoms. The zero-order valence-electron chi connectivity index (χ0n) is 49.6. The molecule has 598 valence electrons. The number of carbonyl (C=O) groups is 4. The number of ether oxygens (including phenoxy) is 22. The summed E-state index contributed by atoms with van der Waals surface area (Å²) in [4.78, 5) is 48.2. The number of rotatable bonds is 59. The standard InChI is InChI=1S/C52H102N4O26.14CH4/c1-41(29-63-11-7-53)33-77-49(57)75-25-19-61-15-17-67-37-47(38-68-18-16-62-20-26-76-50(58)78-34-42(2)30-64-12-8-54)73-27-28-74-48(39-69-21-23-71-45(5)81-51(59)79-35-43(3)31-65-13-9-55)40-70-22-24-72-46(6)82-52(60)80-36-44(4)32-66-14-10-56;;;;;;;;;;;;;;/h41-48H,7-40,53-56H2,1-6H3;14*1H4. The minimum atomic E-state index is -0.916. The fourth-order valence-corrected chi connectivity index (χ4v) is 5.93. The zero-order valence-corrected chi connectivity index (χ0v) is 49.6. The molecule has 0 fully saturated rings. The first-order valence-electron chi connectivity index (χ1n) is 28.0. The second-order valence-electron chi connectivity index (χ2n) is 18.4. The van der Waals surface area contributed by atoms with Crippen LogP contribution in [0.1, 0.15) is 146 Å². The van der Waals surface area contributed by atoms with E-state index in [1.165, 1.54) is 0 Å². The van der Waals surface area contributed by atoms with Crippen molar-refractivity contribution < 1.29 is 123 Å². The van der Waals surface area contributed by atoms with Crippen molar-refractivity contribution in [2.45, 2.75) is 170 Å². The Morgan fingerprint density at radius 2 is 0.438 bits per heavy atom. The van der Waals surface area contributed by atoms with Crippen molar-refractivity contribution in [2.24, 2.45) is 46.6 Å². The molecule has 30 heteroatoms. The van der Waals surface area contributed by atoms with Crippen LogP contribution in [0.4, 0.5) is 19.2 Å². The van der Waals surface area contributed by atoms with Crippen LogP contribution in [-0.2, 0) is 104 Å². The Balaban J connectivity index is -0.000000360. The summed E-state index contributed by atoms with van der Waals surface area (Å²) in [6, 6.07) is 0. The van der Waals surface area contributed by atoms with Crippen LogP contribution < -0.4 is 22.9 Å². The van der Waals surface area contributed by atoms with E-state index >= 15 is 0 Å². The summed E-state index contributed by atoms with van der Waals surface area (Å²) < 4.78 is 120. The molecule has 0 saturated heterocycles. The minimum absolute atomic E-state index is 0. The summed E-state index contributed by atoms with van der Waals surface area (Å²) in [6.45, 7) is 17.9. The van der Waals surface area contributed by atoms with Gasteiger partial charge in [0, 0.05) is 49.9 Å². The molecule has 6 atom stereocenters. The van der Waals surface area contributed by atoms with Gasteiger partial charge in [0.2, 0.25) is 12.6 Å². The average molecular weight is 1420 g/mol. The quantitative estimate of drug-likeness (QED) is 0.0190. The fourth-order valence-electron chi connectivity index (χ4n) is 5.93. The number of hydrogen-bond acceptors (Lipinski definition) is 30. The smallest absolute Gasteiger partial charge is 0.434 e. The molecule has 0 aliphatic rings. The van der Waals surface area contributed by atoms with Crippen molar-refractivity contribution in [1.82, 2.24) is 0 Å². The second-order valence-corrected chi connectivity index (χ2v) is 18.4. The molecule has 96 heavy (non-hydrogen) atoms. The summed E-state index contributed by atoms with van der Waals surface area (Å²) in [5.74, 6) is -0.150. The fraction of sp³-hybridized carbons (Fsp3) is 0.939. The van der Waals surface area contributed by atoms with Gasteiger partial charge < -0.3 is 127 Å². The Morgan fingerprint density at radius 1 is 0.229 bits per heavy atom. The monoisotopic (exact) mass is 1420 g/mol. The van der Waals surface area contributed by atoms with E-state index in [4.69, 9.17) is 127 Å². The van der Waals surface area contributed by atoms with Gasteiger partial charge in [-0.15, -0.1) is 0 Å². The molecule has 0 aliphatic carbocycles. The third-order valence-corrected chi connectivity index (χ3v) is 9.93. The molecular weight excluding hydrogens is 1260 g/mol. The lowest BCUT2D eigenvalue weighted by Gasteiger charge is -2.21. The minimum Gasteiger partial charge on any atom is -0.434 e. The normalized spacial score (nSPS) is 12.3. The molecule has 6 unspecified atom stereocenters. The highest BCUT2D eigenvalue weighted by atomic mass is 16.8. The highest BCUT2D eigenvalue weighted by Crippen LogP contribution is 2.07. The van der Waals surface area contributed by atoms with Gasteiger partial charge in [0.15, 0.2) is 0 Å². The maximum absolute atomic E-state index is 12.1. The predicted octanol–water partition coefficient (Wildman–Crippen LogP) is 10.5. The molecule has 0 aromatic carbocycles. The van der Waals surface area contributed by atoms with Crippen molar-refractivity contribution in [2.75, 3.05) is 224 Å². The third-order valence-electron chi connectivity index (χ3n) is 9.93. The summed E-state index contributed by atoms with van der Waals surface area (Å²) in [5, 5.41) is 0. The van der Waals surface area contributed by atoms with E-state index in [-0.39, 0.29) is 273 Å². The third kappa shape index (κ3) is 90.4. The van der Waals surface area contributed by atoms with E-state index in [2.05, 4.69) is 0 Å². The SMILES string of the molecule is C.C.C.C.C.C.C.C.C.C.C.C.C.C.CC(COCCN)COC(=O)OCCOCCOCC(COCCOCCOC(=O)OCC(C)COCCN)OCCOC(COCCOC(C)OC(=O)OCC(C)COCCN)COCCOC(C)OC(=O)OCC(C)COCCN. The van der Waals surface area contributed by atoms with E-state index in [9.17, 15) is 19.2 Å². The van der Waals surface area contributed by atoms with E-state index < -0.39 is 49.4 Å². The van der Waals surface area contributed by atoms with Crippen LogP contribution in [0.2, 0.25) is 0 Å². The van der Waals surface area contributed by atoms with Crippen molar-refractivity contribution in [1.29, 1.82) is 0 Å². The Bertz CT molecular complexity index is 1380. The molecule has 0 aromatic rings. The molecule has 0 rings (SSSR count). The molecule has 0 amide bonds. The van der Waals surface area contributed by atoms with Gasteiger partial charge in [-0.05, 0) is 13.8 Å². The first-order valence-corrected chi connectivity index (χ1v) is 28.0. The van der Waals surface area contributed by atoms with Crippen LogP contribution in [0.3, 0.4) is 0 Å². The van der Waals surface area contributed by atoms with Gasteiger partial charge in [-0.25, -0.2) is 19.2 Å². The number of carbonyl (C=O) groups excluding carboxylic acids is 4. The molecule has 8 N–H and O–H groups in total. The van der Waals surface area contributed by atoms with Gasteiger partial charge in [-0.3, -0.25) is 0 Å². The summed E-state index contributed by atoms with van der Waals surface area (Å²) in [6.07, 6.45) is -6.35. The van der Waals surface area contributed by atoms with Crippen LogP contribution in [0.5, 0.6) is 0 Å². The van der Waals surface area contributed by atoms with Crippen LogP contribution in [0.15, 0.2) is 0 Å². The van der Waals surface area contributed by atoms with Crippen molar-refractivity contribution in [3.8, 4) is 0 Å². The van der Waals surface area contributed by atoms with E-state index in [1.807, 2.05) is 27.7 Å². The van der Waals surface area contributed by atoms with Crippen molar-refractivity contribution in [3.63, 3.8) is 0 Å². The van der Waals surface area contributed by atoms with E-state index in [0.717, 1.165) is 0 Å². The highest BCUT2D eigenvalue weighted by molar-refractivity contribution is 5.60. The Hall–Kier alpha value is -3.64. The maximum Gasteiger partial charge on any atom is 0.510 e. The van der Waals surface area contributed by atoms with E-state index in [0.29, 0.717) is 79.0 Å². The average Bonchev–Trinajstić information content (AvgIpc) is 3.65. The van der Waals surface area contributed by atoms with Crippen LogP contribution in [0.25, 0.3) is 0 Å². The number of nitrogens with two attached hydrogens (primary N) is 4. The number of hydrogen-bond donors (Lipinski definition) is 4. The summed E-state index contributed by atoms with van der Waals surface area (Å²) >= 11 is 0. The lowest BCUT2D eigenvalue weighted by atomic mass is 10.2. The zero-order chi connectivity index (χ0) is 60.5. The van der Waals surface area contributed by atoms with Crippen molar-refractivity contribution >= 4 is 24.6 Å². The van der Waals surface area contributed by atoms with Gasteiger partial charge >= 0.3 is 24.6 Å². The van der Waals surface area contributed by atoms with E-state index in [1.54, 1.807) is 13.8 Å². The maximum atomic E-state index is 12.1. The van der Waals surface area contributed by atoms with Crippen LogP contribution >= 0.6 is 0 Å². The largest absolute Gasteiger partial charge is 0.510 e. The van der Waals surface area contributed by atoms with Gasteiger partial charge in [0.05, 0.1) is 185 Å². The molecule has 0 aliphatic heterocycles. The lowest BCUT2D eigenvalue weighted by molar-refractivity contribution is -0.137. The lowest BCUT2D eigenvalue weighted by Crippen LogP contribution is -2.32. The Kier molecular flexibility index (Phi) is 128. The summed E-state index contributed by atoms with van der Waals surface area (Å²) in [7, 11) is 0. The predicted molar refractivity (Wildman–Crippen MR) is 385 cm³/mol. The Morgan fingerprint density at radius 3 is 0.698 bits per heavy atom. The molecular formula is C66H158N4O26. The van der Waals surface area contributed by atoms with Gasteiger partial charge in [0.25, 0.3) is 0 Å². The molecule has 0 radical (unpaired) electrons. The second kappa shape index (κ2) is 95.5. The summed E-state index contributed by atoms with van der Waals surface area (Å²) in [5.41, 5.74) is 21.7.